The lowest BCUT2D eigenvalue weighted by Gasteiger charge is -2.16. The van der Waals surface area contributed by atoms with Crippen molar-refractivity contribution in [2.24, 2.45) is 0 Å². The lowest BCUT2D eigenvalue weighted by atomic mass is 10.2. The Kier molecular flexibility index (Phi) is 3.80. The summed E-state index contributed by atoms with van der Waals surface area (Å²) in [5, 5.41) is 17.4. The van der Waals surface area contributed by atoms with Gasteiger partial charge in [-0.05, 0) is 42.5 Å². The van der Waals surface area contributed by atoms with E-state index >= 15 is 0 Å². The monoisotopic (exact) mass is 293 g/mol. The third-order valence-corrected chi connectivity index (χ3v) is 3.64. The Hall–Kier alpha value is -2.28. The molecule has 1 aromatic carbocycles. The van der Waals surface area contributed by atoms with Gasteiger partial charge in [-0.1, -0.05) is 12.1 Å². The molecule has 1 aromatic rings. The predicted molar refractivity (Wildman–Crippen MR) is 73.0 cm³/mol. The number of imide groups is 1. The van der Waals surface area contributed by atoms with Crippen molar-refractivity contribution < 1.29 is 24.6 Å². The molecule has 7 heteroatoms. The van der Waals surface area contributed by atoms with E-state index in [0.717, 1.165) is 4.90 Å². The second-order valence-electron chi connectivity index (χ2n) is 4.16. The van der Waals surface area contributed by atoms with Crippen molar-refractivity contribution in [1.29, 1.82) is 0 Å². The molecular formula is C13H11NO5S. The van der Waals surface area contributed by atoms with Crippen LogP contribution in [0.2, 0.25) is 0 Å². The van der Waals surface area contributed by atoms with Crippen molar-refractivity contribution in [1.82, 2.24) is 4.90 Å². The number of rotatable bonds is 3. The van der Waals surface area contributed by atoms with E-state index in [1.54, 1.807) is 12.1 Å². The number of carboxylic acid groups (broad SMARTS) is 1. The number of aromatic hydroxyl groups is 1. The molecule has 0 bridgehead atoms. The highest BCUT2D eigenvalue weighted by atomic mass is 32.2. The number of thioether (sulfide) groups is 1. The van der Waals surface area contributed by atoms with Crippen LogP contribution in [0.1, 0.15) is 12.5 Å². The number of phenols is 1. The predicted octanol–water partition coefficient (Wildman–Crippen LogP) is 1.90. The first-order chi connectivity index (χ1) is 9.40. The zero-order chi connectivity index (χ0) is 14.9. The normalized spacial score (nSPS) is 18.6. The molecule has 0 spiro atoms. The van der Waals surface area contributed by atoms with Crippen LogP contribution in [0.4, 0.5) is 4.79 Å². The number of nitrogens with zero attached hydrogens (tertiary/aromatic N) is 1. The van der Waals surface area contributed by atoms with Gasteiger partial charge in [0, 0.05) is 0 Å². The third-order valence-electron chi connectivity index (χ3n) is 2.76. The van der Waals surface area contributed by atoms with E-state index in [1.807, 2.05) is 0 Å². The lowest BCUT2D eigenvalue weighted by Crippen LogP contribution is -2.41. The molecule has 20 heavy (non-hydrogen) atoms. The minimum atomic E-state index is -1.24. The summed E-state index contributed by atoms with van der Waals surface area (Å²) in [7, 11) is 0. The van der Waals surface area contributed by atoms with Crippen molar-refractivity contribution in [3.8, 4) is 5.75 Å². The first kappa shape index (κ1) is 14.1. The molecule has 0 aliphatic carbocycles. The van der Waals surface area contributed by atoms with Crippen LogP contribution in [-0.2, 0) is 9.59 Å². The second kappa shape index (κ2) is 5.38. The van der Waals surface area contributed by atoms with Crippen LogP contribution < -0.4 is 0 Å². The van der Waals surface area contributed by atoms with E-state index in [2.05, 4.69) is 0 Å². The van der Waals surface area contributed by atoms with Crippen LogP contribution in [-0.4, -0.2) is 38.3 Å². The summed E-state index contributed by atoms with van der Waals surface area (Å²) in [5.74, 6) is -1.77. The van der Waals surface area contributed by atoms with Gasteiger partial charge in [0.1, 0.15) is 11.8 Å². The van der Waals surface area contributed by atoms with Crippen molar-refractivity contribution in [2.45, 2.75) is 13.0 Å². The topological polar surface area (TPSA) is 94.9 Å². The average Bonchev–Trinajstić information content (AvgIpc) is 2.66. The minimum absolute atomic E-state index is 0.0924. The summed E-state index contributed by atoms with van der Waals surface area (Å²) in [6.07, 6.45) is 1.49. The highest BCUT2D eigenvalue weighted by molar-refractivity contribution is 8.18. The Morgan fingerprint density at radius 2 is 1.90 bits per heavy atom. The van der Waals surface area contributed by atoms with Crippen LogP contribution in [0.3, 0.4) is 0 Å². The number of carbonyl (C=O) groups excluding carboxylic acids is 2. The van der Waals surface area contributed by atoms with Crippen molar-refractivity contribution in [3.05, 3.63) is 34.7 Å². The maximum absolute atomic E-state index is 12.0. The molecule has 2 N–H and O–H groups in total. The van der Waals surface area contributed by atoms with Gasteiger partial charge in [0.25, 0.3) is 11.1 Å². The van der Waals surface area contributed by atoms with Gasteiger partial charge in [0.15, 0.2) is 0 Å². The molecule has 0 aromatic heterocycles. The quantitative estimate of drug-likeness (QED) is 0.826. The molecule has 1 fully saturated rings. The van der Waals surface area contributed by atoms with Crippen LogP contribution >= 0.6 is 11.8 Å². The number of phenolic OH excluding ortho intramolecular Hbond substituents is 1. The number of hydrogen-bond donors (Lipinski definition) is 2. The molecule has 1 aliphatic heterocycles. The molecule has 1 atom stereocenters. The molecular weight excluding hydrogens is 282 g/mol. The molecule has 1 aliphatic rings. The van der Waals surface area contributed by atoms with E-state index in [1.165, 1.54) is 25.1 Å². The summed E-state index contributed by atoms with van der Waals surface area (Å²) >= 11 is 0.699. The number of aliphatic carboxylic acids is 1. The van der Waals surface area contributed by atoms with E-state index in [-0.39, 0.29) is 10.7 Å². The highest BCUT2D eigenvalue weighted by Gasteiger charge is 2.40. The summed E-state index contributed by atoms with van der Waals surface area (Å²) in [5.41, 5.74) is 0.635. The third kappa shape index (κ3) is 2.67. The minimum Gasteiger partial charge on any atom is -0.508 e. The molecule has 1 heterocycles. The van der Waals surface area contributed by atoms with Gasteiger partial charge in [0.2, 0.25) is 0 Å². The van der Waals surface area contributed by atoms with E-state index < -0.39 is 23.2 Å². The number of amides is 2. The standard InChI is InChI=1S/C13H11NO5S/c1-7(12(17)18)14-11(16)10(20-13(14)19)6-8-2-4-9(15)5-3-8/h2-7,15H,1H3,(H,17,18)/b10-6-. The van der Waals surface area contributed by atoms with Crippen LogP contribution in [0.15, 0.2) is 29.2 Å². The van der Waals surface area contributed by atoms with Gasteiger partial charge in [-0.2, -0.15) is 0 Å². The Labute approximate surface area is 118 Å². The first-order valence-electron chi connectivity index (χ1n) is 5.69. The Morgan fingerprint density at radius 1 is 1.30 bits per heavy atom. The van der Waals surface area contributed by atoms with Crippen molar-refractivity contribution in [2.75, 3.05) is 0 Å². The number of benzene rings is 1. The molecule has 1 saturated heterocycles. The maximum atomic E-state index is 12.0. The highest BCUT2D eigenvalue weighted by Crippen LogP contribution is 2.33. The van der Waals surface area contributed by atoms with Gasteiger partial charge >= 0.3 is 5.97 Å². The Bertz CT molecular complexity index is 608. The van der Waals surface area contributed by atoms with Gasteiger partial charge in [0.05, 0.1) is 4.91 Å². The maximum Gasteiger partial charge on any atom is 0.326 e. The summed E-state index contributed by atoms with van der Waals surface area (Å²) < 4.78 is 0. The molecule has 6 nitrogen and oxygen atoms in total. The van der Waals surface area contributed by atoms with Gasteiger partial charge in [-0.25, -0.2) is 4.79 Å². The Balaban J connectivity index is 2.28. The van der Waals surface area contributed by atoms with Gasteiger partial charge in [-0.3, -0.25) is 14.5 Å². The number of carboxylic acids is 1. The smallest absolute Gasteiger partial charge is 0.326 e. The average molecular weight is 293 g/mol. The summed E-state index contributed by atoms with van der Waals surface area (Å²) in [6, 6.07) is 4.88. The van der Waals surface area contributed by atoms with E-state index in [0.29, 0.717) is 17.3 Å². The van der Waals surface area contributed by atoms with Crippen LogP contribution in [0.5, 0.6) is 5.75 Å². The molecule has 0 radical (unpaired) electrons. The number of carbonyl (C=O) groups is 3. The van der Waals surface area contributed by atoms with Crippen LogP contribution in [0.25, 0.3) is 6.08 Å². The Morgan fingerprint density at radius 3 is 2.45 bits per heavy atom. The molecule has 0 saturated carbocycles. The van der Waals surface area contributed by atoms with E-state index in [4.69, 9.17) is 10.2 Å². The number of hydrogen-bond acceptors (Lipinski definition) is 5. The molecule has 2 amide bonds. The van der Waals surface area contributed by atoms with Crippen molar-refractivity contribution >= 4 is 35.0 Å². The second-order valence-corrected chi connectivity index (χ2v) is 5.15. The van der Waals surface area contributed by atoms with E-state index in [9.17, 15) is 14.4 Å². The summed E-state index contributed by atoms with van der Waals surface area (Å²) in [4.78, 5) is 35.5. The molecule has 2 rings (SSSR count). The summed E-state index contributed by atoms with van der Waals surface area (Å²) in [6.45, 7) is 1.28. The zero-order valence-electron chi connectivity index (χ0n) is 10.4. The SMILES string of the molecule is CC(C(=O)O)N1C(=O)S/C(=C\c2ccc(O)cc2)C1=O. The zero-order valence-corrected chi connectivity index (χ0v) is 11.3. The van der Waals surface area contributed by atoms with Crippen molar-refractivity contribution in [3.63, 3.8) is 0 Å². The fourth-order valence-corrected chi connectivity index (χ4v) is 2.55. The fourth-order valence-electron chi connectivity index (χ4n) is 1.65. The van der Waals surface area contributed by atoms with Crippen LogP contribution in [0, 0.1) is 0 Å². The van der Waals surface area contributed by atoms with Gasteiger partial charge in [-0.15, -0.1) is 0 Å². The molecule has 104 valence electrons. The largest absolute Gasteiger partial charge is 0.508 e. The fraction of sp³-hybridized carbons (Fsp3) is 0.154. The van der Waals surface area contributed by atoms with Gasteiger partial charge < -0.3 is 10.2 Å². The first-order valence-corrected chi connectivity index (χ1v) is 6.50. The molecule has 1 unspecified atom stereocenters. The lowest BCUT2D eigenvalue weighted by molar-refractivity contribution is -0.145.